The second-order valence-corrected chi connectivity index (χ2v) is 8.37. The normalized spacial score (nSPS) is 14.1. The highest BCUT2D eigenvalue weighted by Gasteiger charge is 2.23. The minimum Gasteiger partial charge on any atom is -0.392 e. The van der Waals surface area contributed by atoms with Gasteiger partial charge in [0.2, 0.25) is 11.8 Å². The predicted molar refractivity (Wildman–Crippen MR) is 125 cm³/mol. The van der Waals surface area contributed by atoms with Crippen LogP contribution in [-0.2, 0) is 25.8 Å². The molecule has 180 valence electrons. The minimum atomic E-state index is -0.410. The summed E-state index contributed by atoms with van der Waals surface area (Å²) in [7, 11) is 0. The number of amides is 4. The van der Waals surface area contributed by atoms with Crippen LogP contribution in [0.4, 0.5) is 5.69 Å². The highest BCUT2D eigenvalue weighted by atomic mass is 16.3. The Morgan fingerprint density at radius 1 is 0.970 bits per heavy atom. The van der Waals surface area contributed by atoms with Gasteiger partial charge < -0.3 is 21.1 Å². The fourth-order valence-corrected chi connectivity index (χ4v) is 3.46. The van der Waals surface area contributed by atoms with E-state index in [-0.39, 0.29) is 42.7 Å². The molecule has 0 saturated carbocycles. The molecule has 9 heteroatoms. The van der Waals surface area contributed by atoms with E-state index in [1.54, 1.807) is 24.3 Å². The van der Waals surface area contributed by atoms with Gasteiger partial charge >= 0.3 is 0 Å². The Labute approximate surface area is 194 Å². The first-order valence-electron chi connectivity index (χ1n) is 11.4. The number of hydrogen-bond donors (Lipinski definition) is 4. The van der Waals surface area contributed by atoms with E-state index in [1.165, 1.54) is 17.1 Å². The number of hydrogen-bond acceptors (Lipinski definition) is 6. The van der Waals surface area contributed by atoms with Gasteiger partial charge in [-0.25, -0.2) is 0 Å². The van der Waals surface area contributed by atoms with Gasteiger partial charge in [-0.05, 0) is 43.0 Å². The summed E-state index contributed by atoms with van der Waals surface area (Å²) in [5.74, 6) is -0.998. The van der Waals surface area contributed by atoms with Gasteiger partial charge in [-0.15, -0.1) is 0 Å². The van der Waals surface area contributed by atoms with Crippen LogP contribution in [-0.4, -0.2) is 59.3 Å². The summed E-state index contributed by atoms with van der Waals surface area (Å²) in [6.45, 7) is 4.78. The van der Waals surface area contributed by atoms with Gasteiger partial charge in [0.25, 0.3) is 11.8 Å². The predicted octanol–water partition coefficient (Wildman–Crippen LogP) is 1.33. The van der Waals surface area contributed by atoms with Crippen molar-refractivity contribution in [2.45, 2.75) is 52.2 Å². The van der Waals surface area contributed by atoms with Crippen molar-refractivity contribution in [2.24, 2.45) is 5.92 Å². The number of rotatable bonds is 14. The molecule has 0 aromatic heterocycles. The molecule has 1 aromatic rings. The van der Waals surface area contributed by atoms with Crippen LogP contribution in [0, 0.1) is 5.92 Å². The van der Waals surface area contributed by atoms with E-state index < -0.39 is 6.04 Å². The van der Waals surface area contributed by atoms with Crippen LogP contribution in [0.15, 0.2) is 36.4 Å². The molecule has 1 aliphatic rings. The Morgan fingerprint density at radius 3 is 2.21 bits per heavy atom. The fourth-order valence-electron chi connectivity index (χ4n) is 3.46. The Kier molecular flexibility index (Phi) is 10.7. The van der Waals surface area contributed by atoms with E-state index in [4.69, 9.17) is 5.11 Å². The maximum absolute atomic E-state index is 12.5. The number of aliphatic hydroxyl groups excluding tert-OH is 1. The molecule has 0 fully saturated rings. The zero-order chi connectivity index (χ0) is 24.2. The Bertz CT molecular complexity index is 833. The highest BCUT2D eigenvalue weighted by Crippen LogP contribution is 2.10. The van der Waals surface area contributed by atoms with Crippen molar-refractivity contribution in [1.82, 2.24) is 15.5 Å². The first-order chi connectivity index (χ1) is 15.8. The monoisotopic (exact) mass is 458 g/mol. The lowest BCUT2D eigenvalue weighted by atomic mass is 10.0. The number of anilines is 1. The van der Waals surface area contributed by atoms with E-state index in [0.29, 0.717) is 18.8 Å². The molecule has 0 saturated heterocycles. The third kappa shape index (κ3) is 8.78. The molecular weight excluding hydrogens is 424 g/mol. The van der Waals surface area contributed by atoms with Crippen LogP contribution >= 0.6 is 0 Å². The van der Waals surface area contributed by atoms with Crippen LogP contribution in [0.1, 0.15) is 45.1 Å². The van der Waals surface area contributed by atoms with E-state index >= 15 is 0 Å². The van der Waals surface area contributed by atoms with Crippen molar-refractivity contribution in [3.05, 3.63) is 42.0 Å². The molecule has 0 bridgehead atoms. The number of nitrogens with one attached hydrogen (secondary N) is 3. The average Bonchev–Trinajstić information content (AvgIpc) is 3.11. The van der Waals surface area contributed by atoms with Crippen molar-refractivity contribution in [3.8, 4) is 0 Å². The number of carbonyl (C=O) groups excluding carboxylic acids is 4. The second-order valence-electron chi connectivity index (χ2n) is 8.37. The van der Waals surface area contributed by atoms with Gasteiger partial charge in [-0.1, -0.05) is 38.8 Å². The minimum absolute atomic E-state index is 0.0544. The van der Waals surface area contributed by atoms with Crippen molar-refractivity contribution in [1.29, 1.82) is 0 Å². The summed E-state index contributed by atoms with van der Waals surface area (Å²) in [5, 5.41) is 17.7. The van der Waals surface area contributed by atoms with E-state index in [1.807, 2.05) is 13.8 Å². The van der Waals surface area contributed by atoms with E-state index in [2.05, 4.69) is 16.0 Å². The molecule has 33 heavy (non-hydrogen) atoms. The number of carbonyl (C=O) groups is 4. The first-order valence-corrected chi connectivity index (χ1v) is 11.4. The standard InChI is InChI=1S/C24H34N4O5/c1-17(2)23(25-13-5-3-4-6-14-28-21(31)11-12-22(28)32)24(33)26-15-20(30)27-19-9-7-18(16-29)8-10-19/h7-12,17,23,25,29H,3-6,13-16H2,1-2H3,(H,26,33)(H,27,30). The zero-order valence-corrected chi connectivity index (χ0v) is 19.3. The molecule has 2 rings (SSSR count). The van der Waals surface area contributed by atoms with Crippen LogP contribution in [0.2, 0.25) is 0 Å². The quantitative estimate of drug-likeness (QED) is 0.246. The van der Waals surface area contributed by atoms with Crippen molar-refractivity contribution in [2.75, 3.05) is 25.0 Å². The van der Waals surface area contributed by atoms with Gasteiger partial charge in [0.15, 0.2) is 0 Å². The van der Waals surface area contributed by atoms with Crippen LogP contribution in [0.25, 0.3) is 0 Å². The molecular formula is C24H34N4O5. The zero-order valence-electron chi connectivity index (χ0n) is 19.3. The number of nitrogens with zero attached hydrogens (tertiary/aromatic N) is 1. The molecule has 4 N–H and O–H groups in total. The maximum atomic E-state index is 12.5. The Morgan fingerprint density at radius 2 is 1.61 bits per heavy atom. The fraction of sp³-hybridized carbons (Fsp3) is 0.500. The highest BCUT2D eigenvalue weighted by molar-refractivity contribution is 6.12. The molecule has 1 heterocycles. The van der Waals surface area contributed by atoms with Crippen LogP contribution in [0.3, 0.4) is 0 Å². The summed E-state index contributed by atoms with van der Waals surface area (Å²) in [6, 6.07) is 6.42. The molecule has 0 aliphatic carbocycles. The molecule has 1 aliphatic heterocycles. The number of aliphatic hydroxyl groups is 1. The third-order valence-electron chi connectivity index (χ3n) is 5.37. The summed E-state index contributed by atoms with van der Waals surface area (Å²) in [5.41, 5.74) is 1.35. The van der Waals surface area contributed by atoms with Gasteiger partial charge in [-0.2, -0.15) is 0 Å². The second kappa shape index (κ2) is 13.5. The topological polar surface area (TPSA) is 128 Å². The number of benzene rings is 1. The molecule has 4 amide bonds. The SMILES string of the molecule is CC(C)C(NCCCCCCN1C(=O)C=CC1=O)C(=O)NCC(=O)Nc1ccc(CO)cc1. The van der Waals surface area contributed by atoms with Gasteiger partial charge in [-0.3, -0.25) is 24.1 Å². The van der Waals surface area contributed by atoms with Crippen LogP contribution in [0.5, 0.6) is 0 Å². The number of unbranched alkanes of at least 4 members (excludes halogenated alkanes) is 3. The Balaban J connectivity index is 1.62. The lowest BCUT2D eigenvalue weighted by molar-refractivity contribution is -0.136. The van der Waals surface area contributed by atoms with Gasteiger partial charge in [0.1, 0.15) is 0 Å². The van der Waals surface area contributed by atoms with Gasteiger partial charge in [0.05, 0.1) is 19.2 Å². The smallest absolute Gasteiger partial charge is 0.253 e. The molecule has 0 spiro atoms. The largest absolute Gasteiger partial charge is 0.392 e. The lowest BCUT2D eigenvalue weighted by Crippen LogP contribution is -2.49. The third-order valence-corrected chi connectivity index (χ3v) is 5.37. The summed E-state index contributed by atoms with van der Waals surface area (Å²) < 4.78 is 0. The molecule has 1 aromatic carbocycles. The van der Waals surface area contributed by atoms with Crippen molar-refractivity contribution < 1.29 is 24.3 Å². The molecule has 0 radical (unpaired) electrons. The average molecular weight is 459 g/mol. The summed E-state index contributed by atoms with van der Waals surface area (Å²) >= 11 is 0. The molecule has 1 atom stereocenters. The first kappa shape index (κ1) is 26.2. The maximum Gasteiger partial charge on any atom is 0.253 e. The Hall–Kier alpha value is -3.04. The lowest BCUT2D eigenvalue weighted by Gasteiger charge is -2.21. The summed E-state index contributed by atoms with van der Waals surface area (Å²) in [6.07, 6.45) is 6.01. The van der Waals surface area contributed by atoms with Gasteiger partial charge in [0, 0.05) is 24.4 Å². The molecule has 1 unspecified atom stereocenters. The van der Waals surface area contributed by atoms with E-state index in [0.717, 1.165) is 31.2 Å². The number of imide groups is 1. The van der Waals surface area contributed by atoms with E-state index in [9.17, 15) is 19.2 Å². The van der Waals surface area contributed by atoms with Crippen molar-refractivity contribution >= 4 is 29.3 Å². The summed E-state index contributed by atoms with van der Waals surface area (Å²) in [4.78, 5) is 48.9. The molecule has 9 nitrogen and oxygen atoms in total. The van der Waals surface area contributed by atoms with Crippen LogP contribution < -0.4 is 16.0 Å². The van der Waals surface area contributed by atoms with Crippen molar-refractivity contribution in [3.63, 3.8) is 0 Å².